The number of rotatable bonds is 6. The van der Waals surface area contributed by atoms with Crippen LogP contribution in [0.5, 0.6) is 0 Å². The van der Waals surface area contributed by atoms with Crippen LogP contribution in [0.4, 0.5) is 0 Å². The van der Waals surface area contributed by atoms with Gasteiger partial charge in [0.25, 0.3) is 0 Å². The molecule has 0 fully saturated rings. The van der Waals surface area contributed by atoms with Crippen LogP contribution >= 0.6 is 11.8 Å². The van der Waals surface area contributed by atoms with Crippen molar-refractivity contribution in [3.8, 4) is 0 Å². The number of nitrogens with zero attached hydrogens (tertiary/aromatic N) is 1. The fraction of sp³-hybridized carbons (Fsp3) is 0.400. The smallest absolute Gasteiger partial charge is 0.0702 e. The summed E-state index contributed by atoms with van der Waals surface area (Å²) < 4.78 is 0. The van der Waals surface area contributed by atoms with Gasteiger partial charge in [0, 0.05) is 29.9 Å². The van der Waals surface area contributed by atoms with Gasteiger partial charge in [-0.3, -0.25) is 4.98 Å². The van der Waals surface area contributed by atoms with Crippen LogP contribution in [0.2, 0.25) is 0 Å². The average Bonchev–Trinajstić information content (AvgIpc) is 2.43. The lowest BCUT2D eigenvalue weighted by molar-refractivity contribution is 0.541. The zero-order valence-electron chi connectivity index (χ0n) is 11.0. The second-order valence-electron chi connectivity index (χ2n) is 4.47. The second kappa shape index (κ2) is 6.76. The highest BCUT2D eigenvalue weighted by Gasteiger charge is 2.04. The topological polar surface area (TPSA) is 24.9 Å². The number of pyridine rings is 1. The molecular formula is C15H20N2S. The van der Waals surface area contributed by atoms with Crippen molar-refractivity contribution < 1.29 is 0 Å². The Kier molecular flexibility index (Phi) is 5.02. The zero-order chi connectivity index (χ0) is 12.8. The molecule has 1 heterocycles. The largest absolute Gasteiger partial charge is 0.309 e. The SMILES string of the molecule is CCC(CSC)NCc1ccc2ncccc2c1. The summed E-state index contributed by atoms with van der Waals surface area (Å²) in [6.07, 6.45) is 5.17. The Labute approximate surface area is 113 Å². The Morgan fingerprint density at radius 2 is 2.22 bits per heavy atom. The van der Waals surface area contributed by atoms with Crippen LogP contribution in [0.3, 0.4) is 0 Å². The zero-order valence-corrected chi connectivity index (χ0v) is 11.8. The van der Waals surface area contributed by atoms with Crippen molar-refractivity contribution in [3.63, 3.8) is 0 Å². The van der Waals surface area contributed by atoms with E-state index in [-0.39, 0.29) is 0 Å². The molecule has 0 radical (unpaired) electrons. The van der Waals surface area contributed by atoms with Crippen molar-refractivity contribution in [1.29, 1.82) is 0 Å². The molecule has 18 heavy (non-hydrogen) atoms. The molecule has 0 aliphatic rings. The van der Waals surface area contributed by atoms with Gasteiger partial charge in [-0.1, -0.05) is 19.1 Å². The van der Waals surface area contributed by atoms with Crippen LogP contribution < -0.4 is 5.32 Å². The van der Waals surface area contributed by atoms with Gasteiger partial charge >= 0.3 is 0 Å². The summed E-state index contributed by atoms with van der Waals surface area (Å²) >= 11 is 1.90. The van der Waals surface area contributed by atoms with Crippen molar-refractivity contribution in [2.45, 2.75) is 25.9 Å². The third kappa shape index (κ3) is 3.47. The summed E-state index contributed by atoms with van der Waals surface area (Å²) in [6.45, 7) is 3.17. The highest BCUT2D eigenvalue weighted by molar-refractivity contribution is 7.98. The molecule has 96 valence electrons. The summed E-state index contributed by atoms with van der Waals surface area (Å²) in [5.74, 6) is 1.17. The molecule has 1 N–H and O–H groups in total. The highest BCUT2D eigenvalue weighted by atomic mass is 32.2. The predicted octanol–water partition coefficient (Wildman–Crippen LogP) is 3.47. The highest BCUT2D eigenvalue weighted by Crippen LogP contribution is 2.13. The predicted molar refractivity (Wildman–Crippen MR) is 81.0 cm³/mol. The minimum absolute atomic E-state index is 0.601. The fourth-order valence-electron chi connectivity index (χ4n) is 2.02. The van der Waals surface area contributed by atoms with Crippen molar-refractivity contribution in [3.05, 3.63) is 42.1 Å². The molecule has 1 atom stereocenters. The molecule has 2 rings (SSSR count). The summed E-state index contributed by atoms with van der Waals surface area (Å²) in [5.41, 5.74) is 2.40. The third-order valence-corrected chi connectivity index (χ3v) is 3.86. The molecule has 0 bridgehead atoms. The van der Waals surface area contributed by atoms with Crippen LogP contribution in [0.25, 0.3) is 10.9 Å². The van der Waals surface area contributed by atoms with E-state index >= 15 is 0 Å². The maximum atomic E-state index is 4.34. The van der Waals surface area contributed by atoms with Crippen LogP contribution in [0.1, 0.15) is 18.9 Å². The minimum Gasteiger partial charge on any atom is -0.309 e. The molecule has 0 saturated carbocycles. The van der Waals surface area contributed by atoms with E-state index in [1.165, 1.54) is 23.1 Å². The van der Waals surface area contributed by atoms with Gasteiger partial charge in [-0.2, -0.15) is 11.8 Å². The Morgan fingerprint density at radius 3 is 3.00 bits per heavy atom. The summed E-state index contributed by atoms with van der Waals surface area (Å²) in [4.78, 5) is 4.34. The lowest BCUT2D eigenvalue weighted by atomic mass is 10.1. The van der Waals surface area contributed by atoms with Gasteiger partial charge in [-0.05, 0) is 36.4 Å². The molecular weight excluding hydrogens is 240 g/mol. The first-order valence-electron chi connectivity index (χ1n) is 6.39. The molecule has 0 amide bonds. The molecule has 0 spiro atoms. The first kappa shape index (κ1) is 13.4. The van der Waals surface area contributed by atoms with Gasteiger partial charge in [-0.15, -0.1) is 0 Å². The minimum atomic E-state index is 0.601. The number of nitrogens with one attached hydrogen (secondary N) is 1. The van der Waals surface area contributed by atoms with Crippen LogP contribution in [0.15, 0.2) is 36.5 Å². The first-order chi connectivity index (χ1) is 8.83. The number of hydrogen-bond donors (Lipinski definition) is 1. The van der Waals surface area contributed by atoms with Crippen molar-refractivity contribution in [1.82, 2.24) is 10.3 Å². The molecule has 3 heteroatoms. The van der Waals surface area contributed by atoms with E-state index in [1.807, 2.05) is 24.0 Å². The monoisotopic (exact) mass is 260 g/mol. The molecule has 0 aliphatic carbocycles. The quantitative estimate of drug-likeness (QED) is 0.861. The molecule has 2 nitrogen and oxygen atoms in total. The van der Waals surface area contributed by atoms with Crippen molar-refractivity contribution in [2.24, 2.45) is 0 Å². The molecule has 1 unspecified atom stereocenters. The van der Waals surface area contributed by atoms with E-state index in [9.17, 15) is 0 Å². The van der Waals surface area contributed by atoms with Gasteiger partial charge in [0.1, 0.15) is 0 Å². The molecule has 0 aliphatic heterocycles. The van der Waals surface area contributed by atoms with Crippen LogP contribution in [-0.2, 0) is 6.54 Å². The number of aromatic nitrogens is 1. The Balaban J connectivity index is 2.03. The van der Waals surface area contributed by atoms with Gasteiger partial charge in [-0.25, -0.2) is 0 Å². The number of thioether (sulfide) groups is 1. The number of benzene rings is 1. The standard InChI is InChI=1S/C15H20N2S/c1-3-14(11-18-2)17-10-12-6-7-15-13(9-12)5-4-8-16-15/h4-9,14,17H,3,10-11H2,1-2H3. The third-order valence-electron chi connectivity index (χ3n) is 3.12. The molecule has 0 saturated heterocycles. The van der Waals surface area contributed by atoms with E-state index < -0.39 is 0 Å². The summed E-state index contributed by atoms with van der Waals surface area (Å²) in [7, 11) is 0. The van der Waals surface area contributed by atoms with E-state index in [1.54, 1.807) is 0 Å². The van der Waals surface area contributed by atoms with Crippen LogP contribution in [0, 0.1) is 0 Å². The number of hydrogen-bond acceptors (Lipinski definition) is 3. The number of fused-ring (bicyclic) bond motifs is 1. The van der Waals surface area contributed by atoms with Crippen molar-refractivity contribution >= 4 is 22.7 Å². The lowest BCUT2D eigenvalue weighted by Gasteiger charge is -2.15. The van der Waals surface area contributed by atoms with Gasteiger partial charge in [0.15, 0.2) is 0 Å². The lowest BCUT2D eigenvalue weighted by Crippen LogP contribution is -2.30. The molecule has 1 aromatic heterocycles. The van der Waals surface area contributed by atoms with Gasteiger partial charge in [0.2, 0.25) is 0 Å². The maximum absolute atomic E-state index is 4.34. The van der Waals surface area contributed by atoms with E-state index in [0.717, 1.165) is 12.1 Å². The van der Waals surface area contributed by atoms with E-state index in [4.69, 9.17) is 0 Å². The first-order valence-corrected chi connectivity index (χ1v) is 7.79. The van der Waals surface area contributed by atoms with Gasteiger partial charge in [0.05, 0.1) is 5.52 Å². The molecule has 2 aromatic rings. The fourth-order valence-corrected chi connectivity index (χ4v) is 2.78. The average molecular weight is 260 g/mol. The Morgan fingerprint density at radius 1 is 1.33 bits per heavy atom. The Hall–Kier alpha value is -1.06. The van der Waals surface area contributed by atoms with Crippen LogP contribution in [-0.4, -0.2) is 23.0 Å². The van der Waals surface area contributed by atoms with E-state index in [2.05, 4.69) is 47.7 Å². The van der Waals surface area contributed by atoms with E-state index in [0.29, 0.717) is 6.04 Å². The van der Waals surface area contributed by atoms with Gasteiger partial charge < -0.3 is 5.32 Å². The summed E-state index contributed by atoms with van der Waals surface area (Å²) in [5, 5.41) is 4.83. The normalized spacial score (nSPS) is 12.8. The second-order valence-corrected chi connectivity index (χ2v) is 5.38. The van der Waals surface area contributed by atoms with Crippen molar-refractivity contribution in [2.75, 3.05) is 12.0 Å². The molecule has 1 aromatic carbocycles. The Bertz CT molecular complexity index is 499. The summed E-state index contributed by atoms with van der Waals surface area (Å²) in [6, 6.07) is 11.2. The maximum Gasteiger partial charge on any atom is 0.0702 e.